The lowest BCUT2D eigenvalue weighted by atomic mass is 10.4. The van der Waals surface area contributed by atoms with E-state index in [-0.39, 0.29) is 42.5 Å². The molecular weight excluding hydrogens is 347 g/mol. The third-order valence-electron chi connectivity index (χ3n) is 2.02. The molecule has 0 fully saturated rings. The zero-order valence-corrected chi connectivity index (χ0v) is 14.1. The predicted octanol–water partition coefficient (Wildman–Crippen LogP) is 0.283. The smallest absolute Gasteiger partial charge is 0.243 e. The zero-order chi connectivity index (χ0) is 13.3. The van der Waals surface area contributed by atoms with E-state index in [1.54, 1.807) is 21.2 Å². The lowest BCUT2D eigenvalue weighted by Crippen LogP contribution is -2.44. The molecule has 6 nitrogen and oxygen atoms in total. The van der Waals surface area contributed by atoms with Crippen LogP contribution in [0.2, 0.25) is 0 Å². The molecule has 0 aliphatic heterocycles. The third-order valence-corrected chi connectivity index (χ3v) is 2.02. The average molecular weight is 372 g/mol. The maximum absolute atomic E-state index is 11.4. The Balaban J connectivity index is 0. The van der Waals surface area contributed by atoms with Crippen molar-refractivity contribution in [2.45, 2.75) is 19.9 Å². The van der Waals surface area contributed by atoms with Crippen LogP contribution in [0.4, 0.5) is 0 Å². The first-order valence-corrected chi connectivity index (χ1v) is 5.75. The largest absolute Gasteiger partial charge is 0.383 e. The summed E-state index contributed by atoms with van der Waals surface area (Å²) in [5.74, 6) is 0.605. The monoisotopic (exact) mass is 372 g/mol. The Bertz CT molecular complexity index is 259. The van der Waals surface area contributed by atoms with Gasteiger partial charge in [0.05, 0.1) is 6.61 Å². The lowest BCUT2D eigenvalue weighted by Gasteiger charge is -2.17. The SMILES string of the molecule is CCNC(=NCC(=O)N(C)C)NC(C)COC.I. The van der Waals surface area contributed by atoms with E-state index in [9.17, 15) is 4.79 Å². The van der Waals surface area contributed by atoms with Gasteiger partial charge in [-0.1, -0.05) is 0 Å². The summed E-state index contributed by atoms with van der Waals surface area (Å²) in [6.07, 6.45) is 0. The molecule has 1 unspecified atom stereocenters. The van der Waals surface area contributed by atoms with Gasteiger partial charge in [-0.25, -0.2) is 4.99 Å². The van der Waals surface area contributed by atoms with E-state index < -0.39 is 0 Å². The van der Waals surface area contributed by atoms with Crippen LogP contribution >= 0.6 is 24.0 Å². The van der Waals surface area contributed by atoms with E-state index in [2.05, 4.69) is 15.6 Å². The minimum absolute atomic E-state index is 0. The quantitative estimate of drug-likeness (QED) is 0.400. The third kappa shape index (κ3) is 9.46. The van der Waals surface area contributed by atoms with Gasteiger partial charge in [0.1, 0.15) is 6.54 Å². The second-order valence-electron chi connectivity index (χ2n) is 3.98. The highest BCUT2D eigenvalue weighted by Gasteiger charge is 2.06. The molecule has 0 aromatic heterocycles. The van der Waals surface area contributed by atoms with Crippen molar-refractivity contribution in [2.75, 3.05) is 40.9 Å². The Kier molecular flexibility index (Phi) is 12.6. The lowest BCUT2D eigenvalue weighted by molar-refractivity contribution is -0.127. The summed E-state index contributed by atoms with van der Waals surface area (Å²) >= 11 is 0. The molecule has 0 spiro atoms. The van der Waals surface area contributed by atoms with Gasteiger partial charge in [0, 0.05) is 33.8 Å². The molecular formula is C11H25IN4O2. The maximum atomic E-state index is 11.4. The summed E-state index contributed by atoms with van der Waals surface area (Å²) in [7, 11) is 5.08. The fourth-order valence-electron chi connectivity index (χ4n) is 1.13. The number of carbonyl (C=O) groups excluding carboxylic acids is 1. The van der Waals surface area contributed by atoms with E-state index >= 15 is 0 Å². The normalized spacial score (nSPS) is 12.4. The Morgan fingerprint density at radius 3 is 2.50 bits per heavy atom. The minimum Gasteiger partial charge on any atom is -0.383 e. The van der Waals surface area contributed by atoms with Crippen molar-refractivity contribution in [3.8, 4) is 0 Å². The van der Waals surface area contributed by atoms with Crippen LogP contribution in [0.5, 0.6) is 0 Å². The highest BCUT2D eigenvalue weighted by molar-refractivity contribution is 14.0. The van der Waals surface area contributed by atoms with E-state index in [0.29, 0.717) is 12.6 Å². The molecule has 0 saturated heterocycles. The number of likely N-dealkylation sites (N-methyl/N-ethyl adjacent to an activating group) is 1. The average Bonchev–Trinajstić information content (AvgIpc) is 2.25. The first kappa shape index (κ1) is 19.8. The van der Waals surface area contributed by atoms with Crippen LogP contribution in [0.1, 0.15) is 13.8 Å². The standard InChI is InChI=1S/C11H24N4O2.HI/c1-6-12-11(14-9(2)8-17-5)13-7-10(16)15(3)4;/h9H,6-8H2,1-5H3,(H2,12,13,14);1H. The Morgan fingerprint density at radius 1 is 1.44 bits per heavy atom. The van der Waals surface area contributed by atoms with E-state index in [1.165, 1.54) is 4.90 Å². The number of guanidine groups is 1. The van der Waals surface area contributed by atoms with Crippen molar-refractivity contribution in [3.63, 3.8) is 0 Å². The number of hydrogen-bond donors (Lipinski definition) is 2. The summed E-state index contributed by atoms with van der Waals surface area (Å²) in [4.78, 5) is 17.1. The molecule has 1 amide bonds. The molecule has 0 aliphatic rings. The first-order valence-electron chi connectivity index (χ1n) is 5.75. The molecule has 2 N–H and O–H groups in total. The van der Waals surface area contributed by atoms with Gasteiger partial charge in [0.2, 0.25) is 5.91 Å². The van der Waals surface area contributed by atoms with E-state index in [1.807, 2.05) is 13.8 Å². The second kappa shape index (κ2) is 11.5. The molecule has 0 aromatic rings. The molecule has 108 valence electrons. The molecule has 0 aromatic carbocycles. The van der Waals surface area contributed by atoms with Gasteiger partial charge in [-0.2, -0.15) is 0 Å². The van der Waals surface area contributed by atoms with Crippen LogP contribution in [0.25, 0.3) is 0 Å². The highest BCUT2D eigenvalue weighted by atomic mass is 127. The zero-order valence-electron chi connectivity index (χ0n) is 11.8. The number of hydrogen-bond acceptors (Lipinski definition) is 3. The number of nitrogens with zero attached hydrogens (tertiary/aromatic N) is 2. The van der Waals surface area contributed by atoms with Crippen LogP contribution in [0.3, 0.4) is 0 Å². The van der Waals surface area contributed by atoms with Gasteiger partial charge < -0.3 is 20.3 Å². The number of rotatable bonds is 6. The summed E-state index contributed by atoms with van der Waals surface area (Å²) in [5, 5.41) is 6.24. The summed E-state index contributed by atoms with van der Waals surface area (Å²) in [6, 6.07) is 0.146. The van der Waals surface area contributed by atoms with Gasteiger partial charge in [-0.15, -0.1) is 24.0 Å². The number of amides is 1. The van der Waals surface area contributed by atoms with Gasteiger partial charge in [-0.05, 0) is 13.8 Å². The second-order valence-corrected chi connectivity index (χ2v) is 3.98. The summed E-state index contributed by atoms with van der Waals surface area (Å²) in [5.41, 5.74) is 0. The van der Waals surface area contributed by atoms with Gasteiger partial charge in [0.15, 0.2) is 5.96 Å². The number of halogens is 1. The van der Waals surface area contributed by atoms with Crippen molar-refractivity contribution in [1.82, 2.24) is 15.5 Å². The molecule has 0 aliphatic carbocycles. The number of nitrogens with one attached hydrogen (secondary N) is 2. The Labute approximate surface area is 127 Å². The fraction of sp³-hybridized carbons (Fsp3) is 0.818. The highest BCUT2D eigenvalue weighted by Crippen LogP contribution is 1.85. The molecule has 1 atom stereocenters. The number of methoxy groups -OCH3 is 1. The van der Waals surface area contributed by atoms with E-state index in [4.69, 9.17) is 4.74 Å². The van der Waals surface area contributed by atoms with Crippen molar-refractivity contribution >= 4 is 35.8 Å². The summed E-state index contributed by atoms with van der Waals surface area (Å²) in [6.45, 7) is 5.45. The molecule has 0 bridgehead atoms. The Hall–Kier alpha value is -0.570. The molecule has 0 rings (SSSR count). The summed E-state index contributed by atoms with van der Waals surface area (Å²) < 4.78 is 5.03. The molecule has 0 radical (unpaired) electrons. The number of ether oxygens (including phenoxy) is 1. The predicted molar refractivity (Wildman–Crippen MR) is 84.6 cm³/mol. The van der Waals surface area contributed by atoms with Gasteiger partial charge in [-0.3, -0.25) is 4.79 Å². The molecule has 0 saturated carbocycles. The van der Waals surface area contributed by atoms with Crippen molar-refractivity contribution in [2.24, 2.45) is 4.99 Å². The maximum Gasteiger partial charge on any atom is 0.243 e. The molecule has 7 heteroatoms. The minimum atomic E-state index is -0.0263. The molecule has 0 heterocycles. The van der Waals surface area contributed by atoms with Gasteiger partial charge in [0.25, 0.3) is 0 Å². The number of carbonyl (C=O) groups is 1. The van der Waals surface area contributed by atoms with Crippen molar-refractivity contribution < 1.29 is 9.53 Å². The van der Waals surface area contributed by atoms with Crippen LogP contribution in [0, 0.1) is 0 Å². The fourth-order valence-corrected chi connectivity index (χ4v) is 1.13. The van der Waals surface area contributed by atoms with Crippen LogP contribution in [0.15, 0.2) is 4.99 Å². The topological polar surface area (TPSA) is 66.0 Å². The van der Waals surface area contributed by atoms with Crippen LogP contribution in [-0.2, 0) is 9.53 Å². The Morgan fingerprint density at radius 2 is 2.06 bits per heavy atom. The van der Waals surface area contributed by atoms with Crippen LogP contribution < -0.4 is 10.6 Å². The van der Waals surface area contributed by atoms with Gasteiger partial charge >= 0.3 is 0 Å². The molecule has 18 heavy (non-hydrogen) atoms. The van der Waals surface area contributed by atoms with Crippen molar-refractivity contribution in [1.29, 1.82) is 0 Å². The van der Waals surface area contributed by atoms with E-state index in [0.717, 1.165) is 6.54 Å². The van der Waals surface area contributed by atoms with Crippen molar-refractivity contribution in [3.05, 3.63) is 0 Å². The van der Waals surface area contributed by atoms with Crippen LogP contribution in [-0.4, -0.2) is 63.7 Å². The first-order chi connectivity index (χ1) is 8.01. The number of aliphatic imine (C=N–C) groups is 1.